The molecular weight excluding hydrogens is 331 g/mol. The monoisotopic (exact) mass is 348 g/mol. The second kappa shape index (κ2) is 7.01. The second-order valence-corrected chi connectivity index (χ2v) is 5.67. The zero-order valence-electron chi connectivity index (χ0n) is 13.2. The number of primary amides is 1. The van der Waals surface area contributed by atoms with E-state index in [2.05, 4.69) is 0 Å². The van der Waals surface area contributed by atoms with Gasteiger partial charge in [-0.1, -0.05) is 18.2 Å². The second-order valence-electron chi connectivity index (χ2n) is 5.67. The number of carbonyl (C=O) groups is 2. The molecule has 0 radical (unpaired) electrons. The minimum absolute atomic E-state index is 0. The van der Waals surface area contributed by atoms with Crippen LogP contribution in [0.5, 0.6) is 0 Å². The third-order valence-electron chi connectivity index (χ3n) is 4.36. The molecule has 0 aromatic heterocycles. The van der Waals surface area contributed by atoms with Crippen molar-refractivity contribution in [3.8, 4) is 0 Å². The number of amides is 2. The van der Waals surface area contributed by atoms with Gasteiger partial charge in [-0.3, -0.25) is 9.59 Å². The van der Waals surface area contributed by atoms with Gasteiger partial charge in [-0.25, -0.2) is 4.39 Å². The van der Waals surface area contributed by atoms with Gasteiger partial charge in [0.15, 0.2) is 0 Å². The molecule has 0 saturated carbocycles. The summed E-state index contributed by atoms with van der Waals surface area (Å²) in [5.74, 6) is -0.955. The Hall–Kier alpha value is -2.40. The number of benzene rings is 2. The molecule has 0 aliphatic carbocycles. The van der Waals surface area contributed by atoms with Crippen LogP contribution in [0.3, 0.4) is 0 Å². The smallest absolute Gasteiger partial charge is 0.254 e. The van der Waals surface area contributed by atoms with E-state index in [1.165, 1.54) is 12.1 Å². The fraction of sp³-hybridized carbons (Fsp3) is 0.222. The number of fused-ring (bicyclic) bond motifs is 1. The number of hydrogen-bond donors (Lipinski definition) is 1. The van der Waals surface area contributed by atoms with E-state index >= 15 is 0 Å². The van der Waals surface area contributed by atoms with Gasteiger partial charge in [0.25, 0.3) is 5.91 Å². The van der Waals surface area contributed by atoms with Gasteiger partial charge in [0.1, 0.15) is 5.82 Å². The Labute approximate surface area is 145 Å². The maximum atomic E-state index is 13.1. The molecule has 4 nitrogen and oxygen atoms in total. The lowest BCUT2D eigenvalue weighted by atomic mass is 9.92. The Kier molecular flexibility index (Phi) is 5.24. The highest BCUT2D eigenvalue weighted by Crippen LogP contribution is 2.29. The van der Waals surface area contributed by atoms with E-state index in [1.807, 2.05) is 6.92 Å². The van der Waals surface area contributed by atoms with Crippen LogP contribution in [0.4, 0.5) is 4.39 Å². The van der Waals surface area contributed by atoms with E-state index in [1.54, 1.807) is 35.2 Å². The standard InChI is InChI=1S/C18H17FN2O2.ClH/c1-11(12-5-7-13(19)8-6-12)21-10-9-14-15(17(20)22)3-2-4-16(14)18(21)23;/h2-8,11H,9-10H2,1H3,(H2,20,22);1H. The molecule has 1 atom stereocenters. The first-order valence-corrected chi connectivity index (χ1v) is 7.47. The van der Waals surface area contributed by atoms with Gasteiger partial charge >= 0.3 is 0 Å². The lowest BCUT2D eigenvalue weighted by Crippen LogP contribution is -2.40. The summed E-state index contributed by atoms with van der Waals surface area (Å²) >= 11 is 0. The number of carbonyl (C=O) groups excluding carboxylic acids is 2. The maximum absolute atomic E-state index is 13.1. The van der Waals surface area contributed by atoms with Crippen LogP contribution in [0.15, 0.2) is 42.5 Å². The van der Waals surface area contributed by atoms with Crippen molar-refractivity contribution in [2.45, 2.75) is 19.4 Å². The topological polar surface area (TPSA) is 63.4 Å². The predicted octanol–water partition coefficient (Wildman–Crippen LogP) is 3.11. The number of rotatable bonds is 3. The minimum atomic E-state index is -0.519. The van der Waals surface area contributed by atoms with Crippen molar-refractivity contribution in [1.82, 2.24) is 4.90 Å². The average molecular weight is 349 g/mol. The molecule has 1 aliphatic heterocycles. The van der Waals surface area contributed by atoms with Crippen molar-refractivity contribution in [1.29, 1.82) is 0 Å². The zero-order chi connectivity index (χ0) is 16.6. The third kappa shape index (κ3) is 3.12. The van der Waals surface area contributed by atoms with Crippen LogP contribution in [0.25, 0.3) is 0 Å². The Bertz CT molecular complexity index is 777. The molecule has 0 saturated heterocycles. The van der Waals surface area contributed by atoms with Crippen molar-refractivity contribution >= 4 is 24.2 Å². The highest BCUT2D eigenvalue weighted by Gasteiger charge is 2.30. The third-order valence-corrected chi connectivity index (χ3v) is 4.36. The summed E-state index contributed by atoms with van der Waals surface area (Å²) < 4.78 is 13.1. The highest BCUT2D eigenvalue weighted by molar-refractivity contribution is 6.02. The van der Waals surface area contributed by atoms with E-state index in [4.69, 9.17) is 5.73 Å². The Morgan fingerprint density at radius 3 is 2.50 bits per heavy atom. The van der Waals surface area contributed by atoms with Crippen LogP contribution in [0, 0.1) is 5.82 Å². The maximum Gasteiger partial charge on any atom is 0.254 e. The molecule has 1 aliphatic rings. The Morgan fingerprint density at radius 1 is 1.21 bits per heavy atom. The van der Waals surface area contributed by atoms with Crippen molar-refractivity contribution < 1.29 is 14.0 Å². The number of halogens is 2. The van der Waals surface area contributed by atoms with Crippen molar-refractivity contribution in [2.24, 2.45) is 5.73 Å². The van der Waals surface area contributed by atoms with Gasteiger partial charge in [0, 0.05) is 17.7 Å². The van der Waals surface area contributed by atoms with E-state index in [0.29, 0.717) is 29.7 Å². The molecule has 0 bridgehead atoms. The Balaban J connectivity index is 0.00000208. The molecule has 2 aromatic rings. The summed E-state index contributed by atoms with van der Waals surface area (Å²) in [6.07, 6.45) is 0.575. The SMILES string of the molecule is CC(c1ccc(F)cc1)N1CCc2c(C(N)=O)cccc2C1=O.Cl. The molecule has 2 amide bonds. The minimum Gasteiger partial charge on any atom is -0.366 e. The molecule has 0 fully saturated rings. The fourth-order valence-electron chi connectivity index (χ4n) is 3.07. The fourth-order valence-corrected chi connectivity index (χ4v) is 3.07. The quantitative estimate of drug-likeness (QED) is 0.926. The lowest BCUT2D eigenvalue weighted by Gasteiger charge is -2.34. The first-order valence-electron chi connectivity index (χ1n) is 7.47. The van der Waals surface area contributed by atoms with Crippen LogP contribution in [0.1, 0.15) is 44.8 Å². The van der Waals surface area contributed by atoms with Crippen LogP contribution >= 0.6 is 12.4 Å². The molecule has 1 heterocycles. The summed E-state index contributed by atoms with van der Waals surface area (Å²) in [6, 6.07) is 11.0. The largest absolute Gasteiger partial charge is 0.366 e. The number of hydrogen-bond acceptors (Lipinski definition) is 2. The normalized spacial score (nSPS) is 14.6. The van der Waals surface area contributed by atoms with Gasteiger partial charge in [0.2, 0.25) is 5.91 Å². The molecule has 2 N–H and O–H groups in total. The summed E-state index contributed by atoms with van der Waals surface area (Å²) in [6.45, 7) is 2.41. The molecule has 0 spiro atoms. The van der Waals surface area contributed by atoms with Crippen LogP contribution in [-0.2, 0) is 6.42 Å². The van der Waals surface area contributed by atoms with E-state index in [-0.39, 0.29) is 30.2 Å². The van der Waals surface area contributed by atoms with Gasteiger partial charge in [0.05, 0.1) is 6.04 Å². The highest BCUT2D eigenvalue weighted by atomic mass is 35.5. The van der Waals surface area contributed by atoms with Gasteiger partial charge in [-0.15, -0.1) is 12.4 Å². The summed E-state index contributed by atoms with van der Waals surface area (Å²) in [5, 5.41) is 0. The van der Waals surface area contributed by atoms with Gasteiger partial charge in [-0.05, 0) is 48.7 Å². The first kappa shape index (κ1) is 17.9. The molecule has 24 heavy (non-hydrogen) atoms. The first-order chi connectivity index (χ1) is 11.0. The van der Waals surface area contributed by atoms with E-state index in [9.17, 15) is 14.0 Å². The predicted molar refractivity (Wildman–Crippen MR) is 91.8 cm³/mol. The lowest BCUT2D eigenvalue weighted by molar-refractivity contribution is 0.0672. The number of nitrogens with zero attached hydrogens (tertiary/aromatic N) is 1. The summed E-state index contributed by atoms with van der Waals surface area (Å²) in [4.78, 5) is 26.0. The van der Waals surface area contributed by atoms with Crippen molar-refractivity contribution in [3.63, 3.8) is 0 Å². The molecule has 6 heteroatoms. The van der Waals surface area contributed by atoms with Crippen LogP contribution in [-0.4, -0.2) is 23.3 Å². The van der Waals surface area contributed by atoms with Crippen molar-refractivity contribution in [3.05, 3.63) is 70.5 Å². The molecule has 3 rings (SSSR count). The molecular formula is C18H18ClFN2O2. The molecule has 1 unspecified atom stereocenters. The van der Waals surface area contributed by atoms with E-state index in [0.717, 1.165) is 5.56 Å². The average Bonchev–Trinajstić information content (AvgIpc) is 2.55. The Morgan fingerprint density at radius 2 is 1.88 bits per heavy atom. The summed E-state index contributed by atoms with van der Waals surface area (Å²) in [5.41, 5.74) is 7.89. The molecule has 126 valence electrons. The van der Waals surface area contributed by atoms with E-state index < -0.39 is 5.91 Å². The molecule has 2 aromatic carbocycles. The summed E-state index contributed by atoms with van der Waals surface area (Å²) in [7, 11) is 0. The number of nitrogens with two attached hydrogens (primary N) is 1. The van der Waals surface area contributed by atoms with Gasteiger partial charge in [-0.2, -0.15) is 0 Å². The van der Waals surface area contributed by atoms with Crippen LogP contribution in [0.2, 0.25) is 0 Å². The van der Waals surface area contributed by atoms with Gasteiger partial charge < -0.3 is 10.6 Å². The zero-order valence-corrected chi connectivity index (χ0v) is 14.0. The van der Waals surface area contributed by atoms with Crippen LogP contribution < -0.4 is 5.73 Å². The van der Waals surface area contributed by atoms with Crippen molar-refractivity contribution in [2.75, 3.05) is 6.54 Å².